The first kappa shape index (κ1) is 14.0. The van der Waals surface area contributed by atoms with Gasteiger partial charge >= 0.3 is 0 Å². The van der Waals surface area contributed by atoms with E-state index in [9.17, 15) is 4.39 Å². The van der Waals surface area contributed by atoms with Crippen molar-refractivity contribution in [2.24, 2.45) is 0 Å². The highest BCUT2D eigenvalue weighted by Crippen LogP contribution is 2.28. The van der Waals surface area contributed by atoms with E-state index in [0.717, 1.165) is 24.3 Å². The van der Waals surface area contributed by atoms with Crippen molar-refractivity contribution in [2.45, 2.75) is 33.7 Å². The van der Waals surface area contributed by atoms with Crippen LogP contribution < -0.4 is 10.2 Å². The molecule has 0 saturated carbocycles. The van der Waals surface area contributed by atoms with Crippen molar-refractivity contribution < 1.29 is 4.39 Å². The number of rotatable bonds is 5. The number of anilines is 1. The first-order valence-electron chi connectivity index (χ1n) is 6.25. The van der Waals surface area contributed by atoms with Crippen molar-refractivity contribution in [3.05, 3.63) is 29.1 Å². The van der Waals surface area contributed by atoms with Gasteiger partial charge < -0.3 is 10.2 Å². The van der Waals surface area contributed by atoms with Crippen molar-refractivity contribution in [1.29, 1.82) is 0 Å². The predicted molar refractivity (Wildman–Crippen MR) is 72.2 cm³/mol. The number of halogens is 1. The number of hydrogen-bond acceptors (Lipinski definition) is 2. The summed E-state index contributed by atoms with van der Waals surface area (Å²) < 4.78 is 13.7. The van der Waals surface area contributed by atoms with Gasteiger partial charge in [0.2, 0.25) is 0 Å². The van der Waals surface area contributed by atoms with E-state index in [2.05, 4.69) is 31.0 Å². The number of hydrogen-bond donors (Lipinski definition) is 1. The predicted octanol–water partition coefficient (Wildman–Crippen LogP) is 3.26. The molecule has 1 unspecified atom stereocenters. The quantitative estimate of drug-likeness (QED) is 0.847. The average Bonchev–Trinajstić information content (AvgIpc) is 2.31. The Morgan fingerprint density at radius 3 is 2.53 bits per heavy atom. The lowest BCUT2D eigenvalue weighted by atomic mass is 10.0. The van der Waals surface area contributed by atoms with E-state index in [1.165, 1.54) is 0 Å². The van der Waals surface area contributed by atoms with Crippen LogP contribution in [0.3, 0.4) is 0 Å². The van der Waals surface area contributed by atoms with Crippen LogP contribution in [0.1, 0.15) is 37.9 Å². The molecule has 0 bridgehead atoms. The molecular formula is C14H23FN2. The lowest BCUT2D eigenvalue weighted by molar-refractivity contribution is 0.579. The molecule has 0 amide bonds. The van der Waals surface area contributed by atoms with E-state index in [-0.39, 0.29) is 11.9 Å². The van der Waals surface area contributed by atoms with Crippen LogP contribution in [-0.2, 0) is 0 Å². The smallest absolute Gasteiger partial charge is 0.126 e. The second-order valence-corrected chi connectivity index (χ2v) is 4.45. The lowest BCUT2D eigenvalue weighted by Crippen LogP contribution is -2.23. The molecule has 0 heterocycles. The number of nitrogens with zero attached hydrogens (tertiary/aromatic N) is 1. The fourth-order valence-corrected chi connectivity index (χ4v) is 1.95. The van der Waals surface area contributed by atoms with E-state index < -0.39 is 0 Å². The molecule has 3 heteroatoms. The summed E-state index contributed by atoms with van der Waals surface area (Å²) in [6.45, 7) is 9.83. The molecule has 0 fully saturated rings. The van der Waals surface area contributed by atoms with E-state index in [4.69, 9.17) is 0 Å². The fourth-order valence-electron chi connectivity index (χ4n) is 1.95. The Hall–Kier alpha value is -1.09. The maximum Gasteiger partial charge on any atom is 0.126 e. The van der Waals surface area contributed by atoms with Crippen LogP contribution in [0.5, 0.6) is 0 Å². The maximum atomic E-state index is 13.7. The van der Waals surface area contributed by atoms with E-state index in [0.29, 0.717) is 5.56 Å². The Morgan fingerprint density at radius 2 is 2.00 bits per heavy atom. The van der Waals surface area contributed by atoms with Crippen LogP contribution in [0, 0.1) is 12.7 Å². The molecule has 1 N–H and O–H groups in total. The summed E-state index contributed by atoms with van der Waals surface area (Å²) in [7, 11) is 2.04. The summed E-state index contributed by atoms with van der Waals surface area (Å²) >= 11 is 0. The molecule has 1 aromatic rings. The molecule has 0 saturated heterocycles. The van der Waals surface area contributed by atoms with Crippen molar-refractivity contribution in [3.63, 3.8) is 0 Å². The zero-order valence-electron chi connectivity index (χ0n) is 11.5. The van der Waals surface area contributed by atoms with Gasteiger partial charge in [0.25, 0.3) is 0 Å². The van der Waals surface area contributed by atoms with Gasteiger partial charge in [0, 0.05) is 25.3 Å². The Bertz CT molecular complexity index is 377. The molecule has 1 rings (SSSR count). The van der Waals surface area contributed by atoms with E-state index in [1.807, 2.05) is 20.0 Å². The van der Waals surface area contributed by atoms with Gasteiger partial charge in [0.05, 0.1) is 0 Å². The normalized spacial score (nSPS) is 12.6. The first-order valence-corrected chi connectivity index (χ1v) is 6.25. The monoisotopic (exact) mass is 238 g/mol. The largest absolute Gasteiger partial charge is 0.375 e. The SMILES string of the molecule is CCNC(C)c1cc(F)c(C)cc1N(C)CC. The van der Waals surface area contributed by atoms with Crippen LogP contribution in [-0.4, -0.2) is 20.1 Å². The summed E-state index contributed by atoms with van der Waals surface area (Å²) in [5.41, 5.74) is 2.84. The lowest BCUT2D eigenvalue weighted by Gasteiger charge is -2.25. The molecule has 0 spiro atoms. The highest BCUT2D eigenvalue weighted by atomic mass is 19.1. The topological polar surface area (TPSA) is 15.3 Å². The third-order valence-corrected chi connectivity index (χ3v) is 3.17. The van der Waals surface area contributed by atoms with Crippen LogP contribution in [0.2, 0.25) is 0 Å². The zero-order valence-corrected chi connectivity index (χ0v) is 11.5. The Morgan fingerprint density at radius 1 is 1.35 bits per heavy atom. The maximum absolute atomic E-state index is 13.7. The molecule has 1 atom stereocenters. The average molecular weight is 238 g/mol. The van der Waals surface area contributed by atoms with Gasteiger partial charge in [0.15, 0.2) is 0 Å². The highest BCUT2D eigenvalue weighted by molar-refractivity contribution is 5.56. The van der Waals surface area contributed by atoms with Gasteiger partial charge in [-0.2, -0.15) is 0 Å². The Kier molecular flexibility index (Phi) is 4.94. The molecule has 0 aromatic heterocycles. The summed E-state index contributed by atoms with van der Waals surface area (Å²) in [6, 6.07) is 3.76. The standard InChI is InChI=1S/C14H23FN2/c1-6-16-11(4)12-9-13(15)10(3)8-14(12)17(5)7-2/h8-9,11,16H,6-7H2,1-5H3. The minimum atomic E-state index is -0.127. The summed E-state index contributed by atoms with van der Waals surface area (Å²) in [5, 5.41) is 3.33. The van der Waals surface area contributed by atoms with Crippen molar-refractivity contribution >= 4 is 5.69 Å². The molecule has 0 radical (unpaired) electrons. The van der Waals surface area contributed by atoms with Gasteiger partial charge in [-0.25, -0.2) is 4.39 Å². The van der Waals surface area contributed by atoms with Crippen LogP contribution in [0.25, 0.3) is 0 Å². The van der Waals surface area contributed by atoms with Gasteiger partial charge in [-0.15, -0.1) is 0 Å². The van der Waals surface area contributed by atoms with Crippen LogP contribution >= 0.6 is 0 Å². The van der Waals surface area contributed by atoms with Gasteiger partial charge in [-0.1, -0.05) is 6.92 Å². The minimum Gasteiger partial charge on any atom is -0.375 e. The van der Waals surface area contributed by atoms with Crippen LogP contribution in [0.15, 0.2) is 12.1 Å². The molecule has 2 nitrogen and oxygen atoms in total. The van der Waals surface area contributed by atoms with Gasteiger partial charge in [-0.05, 0) is 50.6 Å². The second kappa shape index (κ2) is 6.01. The highest BCUT2D eigenvalue weighted by Gasteiger charge is 2.15. The minimum absolute atomic E-state index is 0.127. The molecule has 0 aliphatic carbocycles. The summed E-state index contributed by atoms with van der Waals surface area (Å²) in [6.07, 6.45) is 0. The molecule has 17 heavy (non-hydrogen) atoms. The molecule has 0 aliphatic rings. The third-order valence-electron chi connectivity index (χ3n) is 3.17. The number of benzene rings is 1. The van der Waals surface area contributed by atoms with E-state index in [1.54, 1.807) is 6.07 Å². The van der Waals surface area contributed by atoms with Crippen molar-refractivity contribution in [2.75, 3.05) is 25.0 Å². The van der Waals surface area contributed by atoms with Gasteiger partial charge in [-0.3, -0.25) is 0 Å². The first-order chi connectivity index (χ1) is 8.01. The Balaban J connectivity index is 3.20. The van der Waals surface area contributed by atoms with Gasteiger partial charge in [0.1, 0.15) is 5.82 Å². The summed E-state index contributed by atoms with van der Waals surface area (Å²) in [4.78, 5) is 2.15. The number of aryl methyl sites for hydroxylation is 1. The summed E-state index contributed by atoms with van der Waals surface area (Å²) in [5.74, 6) is -0.127. The second-order valence-electron chi connectivity index (χ2n) is 4.45. The molecule has 96 valence electrons. The van der Waals surface area contributed by atoms with Crippen molar-refractivity contribution in [3.8, 4) is 0 Å². The third kappa shape index (κ3) is 3.19. The zero-order chi connectivity index (χ0) is 13.0. The molecule has 0 aliphatic heterocycles. The van der Waals surface area contributed by atoms with E-state index >= 15 is 0 Å². The molecule has 1 aromatic carbocycles. The van der Waals surface area contributed by atoms with Crippen LogP contribution in [0.4, 0.5) is 10.1 Å². The Labute approximate surface area is 104 Å². The number of nitrogens with one attached hydrogen (secondary N) is 1. The van der Waals surface area contributed by atoms with Crippen molar-refractivity contribution in [1.82, 2.24) is 5.32 Å². The fraction of sp³-hybridized carbons (Fsp3) is 0.571. The molecular weight excluding hydrogens is 215 g/mol.